The summed E-state index contributed by atoms with van der Waals surface area (Å²) >= 11 is 0. The SMILES string of the molecule is Cc1nc2ccc(-n3ncc(C(=O)C4=Cc5cc(CN6CCCC6)c(F)cc5C4)c3N)cc2[nH]1. The van der Waals surface area contributed by atoms with Gasteiger partial charge in [0.15, 0.2) is 5.78 Å². The maximum absolute atomic E-state index is 14.7. The third-order valence-electron chi connectivity index (χ3n) is 6.78. The van der Waals surface area contributed by atoms with Gasteiger partial charge in [0, 0.05) is 24.1 Å². The van der Waals surface area contributed by atoms with Gasteiger partial charge in [-0.15, -0.1) is 0 Å². The lowest BCUT2D eigenvalue weighted by Gasteiger charge is -2.16. The second-order valence-corrected chi connectivity index (χ2v) is 9.18. The number of hydrogen-bond donors (Lipinski definition) is 2. The molecule has 0 spiro atoms. The summed E-state index contributed by atoms with van der Waals surface area (Å²) in [6.45, 7) is 4.52. The lowest BCUT2D eigenvalue weighted by Crippen LogP contribution is -2.19. The molecule has 0 atom stereocenters. The molecule has 3 heterocycles. The number of anilines is 1. The van der Waals surface area contributed by atoms with Gasteiger partial charge < -0.3 is 10.7 Å². The number of nitrogen functional groups attached to an aromatic ring is 1. The minimum atomic E-state index is -0.204. The van der Waals surface area contributed by atoms with Crippen LogP contribution in [0, 0.1) is 12.7 Å². The first-order chi connectivity index (χ1) is 16.5. The fraction of sp³-hybridized carbons (Fsp3) is 0.269. The standard InChI is InChI=1S/C26H25FN6O/c1-15-30-23-5-4-20(12-24(23)31-15)33-26(28)21(13-29-33)25(34)18-8-16-10-19(14-32-6-2-3-7-32)22(27)11-17(16)9-18/h4-5,8,10-13H,2-3,6-7,9,14,28H2,1H3,(H,30,31). The van der Waals surface area contributed by atoms with Gasteiger partial charge in [-0.3, -0.25) is 9.69 Å². The molecule has 1 fully saturated rings. The van der Waals surface area contributed by atoms with Crippen molar-refractivity contribution in [2.45, 2.75) is 32.7 Å². The number of nitrogens with two attached hydrogens (primary N) is 1. The maximum Gasteiger partial charge on any atom is 0.194 e. The number of allylic oxidation sites excluding steroid dienone is 1. The Morgan fingerprint density at radius 2 is 2.03 bits per heavy atom. The van der Waals surface area contributed by atoms with Crippen LogP contribution < -0.4 is 5.73 Å². The molecule has 4 aromatic rings. The molecule has 34 heavy (non-hydrogen) atoms. The number of aryl methyl sites for hydroxylation is 1. The van der Waals surface area contributed by atoms with Crippen LogP contribution in [0.3, 0.4) is 0 Å². The fourth-order valence-electron chi connectivity index (χ4n) is 5.03. The molecule has 7 nitrogen and oxygen atoms in total. The predicted molar refractivity (Wildman–Crippen MR) is 129 cm³/mol. The smallest absolute Gasteiger partial charge is 0.194 e. The lowest BCUT2D eigenvalue weighted by atomic mass is 10.0. The highest BCUT2D eigenvalue weighted by atomic mass is 19.1. The Kier molecular flexibility index (Phi) is 4.84. The number of rotatable bonds is 5. The average molecular weight is 457 g/mol. The number of carbonyl (C=O) groups excluding carboxylic acids is 1. The summed E-state index contributed by atoms with van der Waals surface area (Å²) in [5.41, 5.74) is 12.2. The molecule has 6 rings (SSSR count). The van der Waals surface area contributed by atoms with E-state index in [-0.39, 0.29) is 17.4 Å². The number of aromatic amines is 1. The summed E-state index contributed by atoms with van der Waals surface area (Å²) in [5.74, 6) is 0.715. The number of nitrogens with zero attached hydrogens (tertiary/aromatic N) is 4. The van der Waals surface area contributed by atoms with Crippen molar-refractivity contribution in [2.24, 2.45) is 0 Å². The molecular formula is C26H25FN6O. The molecule has 3 N–H and O–H groups in total. The Hall–Kier alpha value is -3.78. The lowest BCUT2D eigenvalue weighted by molar-refractivity contribution is 0.103. The monoisotopic (exact) mass is 456 g/mol. The van der Waals surface area contributed by atoms with E-state index in [1.165, 1.54) is 6.20 Å². The van der Waals surface area contributed by atoms with Crippen LogP contribution in [0.5, 0.6) is 0 Å². The average Bonchev–Trinajstić information content (AvgIpc) is 3.59. The number of nitrogens with one attached hydrogen (secondary N) is 1. The first-order valence-corrected chi connectivity index (χ1v) is 11.6. The number of Topliss-reactive ketones (excluding diaryl/α,β-unsaturated/α-hetero) is 1. The molecular weight excluding hydrogens is 431 g/mol. The number of imidazole rings is 1. The molecule has 0 bridgehead atoms. The summed E-state index contributed by atoms with van der Waals surface area (Å²) < 4.78 is 16.3. The minimum absolute atomic E-state index is 0.181. The molecule has 2 aliphatic rings. The number of carbonyl (C=O) groups is 1. The van der Waals surface area contributed by atoms with Gasteiger partial charge in [-0.1, -0.05) is 0 Å². The molecule has 1 aliphatic carbocycles. The zero-order chi connectivity index (χ0) is 23.4. The first-order valence-electron chi connectivity index (χ1n) is 11.6. The molecule has 0 amide bonds. The van der Waals surface area contributed by atoms with E-state index in [9.17, 15) is 9.18 Å². The Morgan fingerprint density at radius 3 is 2.85 bits per heavy atom. The maximum atomic E-state index is 14.7. The highest BCUT2D eigenvalue weighted by molar-refractivity contribution is 6.15. The molecule has 0 saturated carbocycles. The molecule has 0 unspecified atom stereocenters. The van der Waals surface area contributed by atoms with Crippen LogP contribution in [0.2, 0.25) is 0 Å². The molecule has 2 aromatic carbocycles. The third kappa shape index (κ3) is 3.51. The number of ketones is 1. The van der Waals surface area contributed by atoms with Crippen molar-refractivity contribution in [2.75, 3.05) is 18.8 Å². The van der Waals surface area contributed by atoms with Gasteiger partial charge in [-0.05, 0) is 80.4 Å². The van der Waals surface area contributed by atoms with Gasteiger partial charge in [-0.25, -0.2) is 14.1 Å². The number of hydrogen-bond acceptors (Lipinski definition) is 5. The van der Waals surface area contributed by atoms with Crippen LogP contribution in [0.15, 0.2) is 42.1 Å². The zero-order valence-corrected chi connectivity index (χ0v) is 18.9. The van der Waals surface area contributed by atoms with E-state index in [4.69, 9.17) is 5.73 Å². The highest BCUT2D eigenvalue weighted by Crippen LogP contribution is 2.32. The van der Waals surface area contributed by atoms with Crippen molar-refractivity contribution in [3.05, 3.63) is 76.0 Å². The van der Waals surface area contributed by atoms with E-state index >= 15 is 0 Å². The molecule has 8 heteroatoms. The first kappa shape index (κ1) is 20.8. The van der Waals surface area contributed by atoms with Crippen molar-refractivity contribution in [3.63, 3.8) is 0 Å². The summed E-state index contributed by atoms with van der Waals surface area (Å²) in [6, 6.07) is 9.13. The van der Waals surface area contributed by atoms with E-state index in [0.29, 0.717) is 29.7 Å². The van der Waals surface area contributed by atoms with Crippen molar-refractivity contribution in [1.82, 2.24) is 24.6 Å². The van der Waals surface area contributed by atoms with E-state index in [2.05, 4.69) is 20.0 Å². The van der Waals surface area contributed by atoms with Gasteiger partial charge in [0.05, 0.1) is 28.5 Å². The number of benzene rings is 2. The Bertz CT molecular complexity index is 1470. The second kappa shape index (κ2) is 7.92. The van der Waals surface area contributed by atoms with Gasteiger partial charge in [0.25, 0.3) is 0 Å². The van der Waals surface area contributed by atoms with E-state index in [1.54, 1.807) is 10.7 Å². The Labute approximate surface area is 196 Å². The number of aromatic nitrogens is 4. The van der Waals surface area contributed by atoms with Gasteiger partial charge in [0.1, 0.15) is 17.5 Å². The van der Waals surface area contributed by atoms with Crippen LogP contribution >= 0.6 is 0 Å². The van der Waals surface area contributed by atoms with E-state index < -0.39 is 0 Å². The predicted octanol–water partition coefficient (Wildman–Crippen LogP) is 4.20. The summed E-state index contributed by atoms with van der Waals surface area (Å²) in [7, 11) is 0. The molecule has 2 aromatic heterocycles. The quantitative estimate of drug-likeness (QED) is 0.439. The molecule has 1 aliphatic heterocycles. The fourth-order valence-corrected chi connectivity index (χ4v) is 5.03. The van der Waals surface area contributed by atoms with Crippen LogP contribution in [0.4, 0.5) is 10.2 Å². The van der Waals surface area contributed by atoms with Gasteiger partial charge in [-0.2, -0.15) is 5.10 Å². The molecule has 1 saturated heterocycles. The van der Waals surface area contributed by atoms with Crippen molar-refractivity contribution in [3.8, 4) is 5.69 Å². The number of H-pyrrole nitrogens is 1. The largest absolute Gasteiger partial charge is 0.383 e. The Balaban J connectivity index is 1.27. The normalized spacial score (nSPS) is 15.8. The van der Waals surface area contributed by atoms with Crippen LogP contribution in [0.1, 0.15) is 45.7 Å². The van der Waals surface area contributed by atoms with Crippen LogP contribution in [-0.4, -0.2) is 43.5 Å². The number of likely N-dealkylation sites (tertiary alicyclic amines) is 1. The van der Waals surface area contributed by atoms with E-state index in [0.717, 1.165) is 59.6 Å². The Morgan fingerprint density at radius 1 is 1.21 bits per heavy atom. The van der Waals surface area contributed by atoms with Crippen LogP contribution in [0.25, 0.3) is 22.8 Å². The van der Waals surface area contributed by atoms with Gasteiger partial charge in [0.2, 0.25) is 0 Å². The van der Waals surface area contributed by atoms with Crippen LogP contribution in [-0.2, 0) is 13.0 Å². The summed E-state index contributed by atoms with van der Waals surface area (Å²) in [6.07, 6.45) is 6.08. The van der Waals surface area contributed by atoms with Crippen molar-refractivity contribution < 1.29 is 9.18 Å². The zero-order valence-electron chi connectivity index (χ0n) is 18.9. The molecule has 172 valence electrons. The second-order valence-electron chi connectivity index (χ2n) is 9.18. The van der Waals surface area contributed by atoms with Crippen molar-refractivity contribution in [1.29, 1.82) is 0 Å². The third-order valence-corrected chi connectivity index (χ3v) is 6.78. The van der Waals surface area contributed by atoms with E-state index in [1.807, 2.05) is 37.3 Å². The minimum Gasteiger partial charge on any atom is -0.383 e. The summed E-state index contributed by atoms with van der Waals surface area (Å²) in [4.78, 5) is 23.2. The number of halogens is 1. The highest BCUT2D eigenvalue weighted by Gasteiger charge is 2.25. The van der Waals surface area contributed by atoms with Crippen molar-refractivity contribution >= 4 is 28.7 Å². The number of fused-ring (bicyclic) bond motifs is 2. The molecule has 0 radical (unpaired) electrons. The van der Waals surface area contributed by atoms with Gasteiger partial charge >= 0.3 is 0 Å². The topological polar surface area (TPSA) is 92.8 Å². The summed E-state index contributed by atoms with van der Waals surface area (Å²) in [5, 5.41) is 4.37.